The second kappa shape index (κ2) is 9.76. The van der Waals surface area contributed by atoms with Gasteiger partial charge >= 0.3 is 6.03 Å². The van der Waals surface area contributed by atoms with Gasteiger partial charge in [-0.15, -0.1) is 0 Å². The highest BCUT2D eigenvalue weighted by Crippen LogP contribution is 2.50. The molecular formula is C25H36FN5OP2. The van der Waals surface area contributed by atoms with Gasteiger partial charge in [0.05, 0.1) is 18.1 Å². The third-order valence-corrected chi connectivity index (χ3v) is 8.17. The fraction of sp³-hybridized carbons (Fsp3) is 0.560. The molecule has 0 spiro atoms. The molecule has 1 heterocycles. The van der Waals surface area contributed by atoms with Crippen LogP contribution in [0, 0.1) is 11.3 Å². The summed E-state index contributed by atoms with van der Waals surface area (Å²) in [4.78, 5) is 24.7. The number of halogens is 1. The first-order valence-electron chi connectivity index (χ1n) is 12.0. The Bertz CT molecular complexity index is 987. The molecule has 6 nitrogen and oxygen atoms in total. The largest absolute Gasteiger partial charge is 0.351 e. The van der Waals surface area contributed by atoms with Crippen molar-refractivity contribution in [2.24, 2.45) is 17.1 Å². The van der Waals surface area contributed by atoms with Crippen molar-refractivity contribution >= 4 is 30.2 Å². The van der Waals surface area contributed by atoms with Gasteiger partial charge in [0.15, 0.2) is 11.0 Å². The molecule has 0 saturated heterocycles. The maximum absolute atomic E-state index is 14.1. The number of amides is 2. The topological polar surface area (TPSA) is 75.3 Å². The Balaban J connectivity index is 1.52. The van der Waals surface area contributed by atoms with Crippen molar-refractivity contribution in [2.75, 3.05) is 25.0 Å². The molecule has 0 aliphatic heterocycles. The molecule has 2 amide bonds. The van der Waals surface area contributed by atoms with Crippen molar-refractivity contribution in [1.29, 1.82) is 0 Å². The summed E-state index contributed by atoms with van der Waals surface area (Å²) in [6.45, 7) is 3.83. The van der Waals surface area contributed by atoms with E-state index in [-0.39, 0.29) is 16.8 Å². The Labute approximate surface area is 206 Å². The second-order valence-corrected chi connectivity index (χ2v) is 12.8. The fourth-order valence-electron chi connectivity index (χ4n) is 5.26. The quantitative estimate of drug-likeness (QED) is 0.514. The molecule has 2 aromatic rings. The van der Waals surface area contributed by atoms with E-state index in [0.29, 0.717) is 12.2 Å². The summed E-state index contributed by atoms with van der Waals surface area (Å²) < 4.78 is 14.1. The van der Waals surface area contributed by atoms with Crippen LogP contribution in [0.1, 0.15) is 56.8 Å². The molecule has 0 radical (unpaired) electrons. The average Bonchev–Trinajstić information content (AvgIpc) is 3.62. The van der Waals surface area contributed by atoms with E-state index in [1.54, 1.807) is 0 Å². The number of anilines is 1. The van der Waals surface area contributed by atoms with E-state index in [0.717, 1.165) is 38.1 Å². The molecule has 2 saturated carbocycles. The zero-order valence-electron chi connectivity index (χ0n) is 20.1. The van der Waals surface area contributed by atoms with Crippen LogP contribution in [0.15, 0.2) is 42.7 Å². The van der Waals surface area contributed by atoms with Crippen LogP contribution < -0.4 is 10.6 Å². The number of hydrogen-bond acceptors (Lipinski definition) is 4. The minimum atomic E-state index is -1.81. The van der Waals surface area contributed by atoms with Crippen LogP contribution in [0.5, 0.6) is 0 Å². The Morgan fingerprint density at radius 1 is 1.15 bits per heavy atom. The minimum absolute atomic E-state index is 0.00765. The van der Waals surface area contributed by atoms with Crippen molar-refractivity contribution in [3.05, 3.63) is 54.1 Å². The van der Waals surface area contributed by atoms with E-state index in [4.69, 9.17) is 5.73 Å². The standard InChI is InChI=1S/C25H36FN5OP2/c1-23(17-31(22(27)32)20-14-28-21(29-15-20)25(26,33)34)10-12-24(13-11-23,19-6-4-3-5-7-19)30(2)16-18-8-9-18/h3-7,14-15,18H,8-13,16-17,33-34H2,1-2H3,(H2,27,32). The highest BCUT2D eigenvalue weighted by Gasteiger charge is 2.46. The number of alkyl halides is 1. The van der Waals surface area contributed by atoms with E-state index in [1.165, 1.54) is 35.7 Å². The summed E-state index contributed by atoms with van der Waals surface area (Å²) in [6.07, 6.45) is 9.57. The predicted octanol–water partition coefficient (Wildman–Crippen LogP) is 5.01. The zero-order valence-corrected chi connectivity index (χ0v) is 22.4. The monoisotopic (exact) mass is 503 g/mol. The minimum Gasteiger partial charge on any atom is -0.351 e. The summed E-state index contributed by atoms with van der Waals surface area (Å²) in [5, 5.41) is -1.81. The number of hydrogen-bond donors (Lipinski definition) is 1. The molecule has 34 heavy (non-hydrogen) atoms. The number of benzene rings is 1. The molecule has 2 aliphatic rings. The van der Waals surface area contributed by atoms with Crippen molar-refractivity contribution in [2.45, 2.75) is 56.1 Å². The molecule has 184 valence electrons. The normalized spacial score (nSPS) is 25.4. The van der Waals surface area contributed by atoms with Gasteiger partial charge < -0.3 is 5.73 Å². The molecule has 2 fully saturated rings. The van der Waals surface area contributed by atoms with Crippen molar-refractivity contribution in [1.82, 2.24) is 14.9 Å². The lowest BCUT2D eigenvalue weighted by molar-refractivity contribution is 0.0256. The summed E-state index contributed by atoms with van der Waals surface area (Å²) in [6, 6.07) is 10.3. The van der Waals surface area contributed by atoms with Crippen molar-refractivity contribution in [3.63, 3.8) is 0 Å². The van der Waals surface area contributed by atoms with Crippen LogP contribution >= 0.6 is 18.5 Å². The smallest absolute Gasteiger partial charge is 0.319 e. The molecule has 1 aromatic heterocycles. The first-order chi connectivity index (χ1) is 16.0. The maximum atomic E-state index is 14.1. The number of rotatable bonds is 8. The number of carbonyl (C=O) groups excluding carboxylic acids is 1. The molecule has 0 bridgehead atoms. The first-order valence-corrected chi connectivity index (χ1v) is 13.1. The Morgan fingerprint density at radius 2 is 1.74 bits per heavy atom. The highest BCUT2D eigenvalue weighted by atomic mass is 31.1. The van der Waals surface area contributed by atoms with Gasteiger partial charge in [-0.05, 0) is 62.5 Å². The average molecular weight is 504 g/mol. The molecule has 2 unspecified atom stereocenters. The van der Waals surface area contributed by atoms with E-state index >= 15 is 0 Å². The van der Waals surface area contributed by atoms with Gasteiger partial charge in [0.2, 0.25) is 0 Å². The summed E-state index contributed by atoms with van der Waals surface area (Å²) in [5.74, 6) is 0.837. The predicted molar refractivity (Wildman–Crippen MR) is 141 cm³/mol. The van der Waals surface area contributed by atoms with E-state index in [9.17, 15) is 9.18 Å². The SMILES string of the molecule is CN(CC1CC1)C1(c2ccccc2)CCC(C)(CN(C(N)=O)c2cnc(C(F)(P)P)nc2)CC1. The van der Waals surface area contributed by atoms with Gasteiger partial charge in [-0.1, -0.05) is 55.7 Å². The number of urea groups is 1. The molecule has 1 aromatic carbocycles. The van der Waals surface area contributed by atoms with Gasteiger partial charge in [-0.25, -0.2) is 19.2 Å². The second-order valence-electron chi connectivity index (χ2n) is 10.5. The van der Waals surface area contributed by atoms with Crippen LogP contribution in [0.25, 0.3) is 0 Å². The molecule has 2 atom stereocenters. The van der Waals surface area contributed by atoms with Crippen LogP contribution in [0.4, 0.5) is 14.9 Å². The summed E-state index contributed by atoms with van der Waals surface area (Å²) in [7, 11) is 6.36. The number of nitrogens with zero attached hydrogens (tertiary/aromatic N) is 4. The lowest BCUT2D eigenvalue weighted by Crippen LogP contribution is -2.51. The Hall–Kier alpha value is -1.68. The molecule has 2 N–H and O–H groups in total. The number of aromatic nitrogens is 2. The van der Waals surface area contributed by atoms with Gasteiger partial charge in [0.25, 0.3) is 0 Å². The summed E-state index contributed by atoms with van der Waals surface area (Å²) in [5.41, 5.74) is 7.54. The van der Waals surface area contributed by atoms with Crippen LogP contribution in [0.2, 0.25) is 0 Å². The van der Waals surface area contributed by atoms with Gasteiger partial charge in [0, 0.05) is 18.6 Å². The van der Waals surface area contributed by atoms with Crippen LogP contribution in [0.3, 0.4) is 0 Å². The first kappa shape index (κ1) is 25.4. The van der Waals surface area contributed by atoms with Crippen LogP contribution in [-0.4, -0.2) is 41.0 Å². The van der Waals surface area contributed by atoms with E-state index in [1.807, 2.05) is 18.5 Å². The van der Waals surface area contributed by atoms with Crippen molar-refractivity contribution in [3.8, 4) is 0 Å². The molecular weight excluding hydrogens is 467 g/mol. The van der Waals surface area contributed by atoms with Gasteiger partial charge in [-0.2, -0.15) is 0 Å². The number of carbonyl (C=O) groups is 1. The Kier molecular flexibility index (Phi) is 7.29. The third-order valence-electron chi connectivity index (χ3n) is 7.65. The lowest BCUT2D eigenvalue weighted by Gasteiger charge is -2.51. The zero-order chi connectivity index (χ0) is 24.6. The van der Waals surface area contributed by atoms with E-state index < -0.39 is 11.2 Å². The highest BCUT2D eigenvalue weighted by molar-refractivity contribution is 7.38. The maximum Gasteiger partial charge on any atom is 0.319 e. The Morgan fingerprint density at radius 3 is 2.24 bits per heavy atom. The molecule has 2 aliphatic carbocycles. The fourth-order valence-corrected chi connectivity index (χ4v) is 5.56. The number of primary amides is 1. The lowest BCUT2D eigenvalue weighted by atomic mass is 9.65. The molecule has 9 heteroatoms. The van der Waals surface area contributed by atoms with E-state index in [2.05, 4.69) is 59.2 Å². The van der Waals surface area contributed by atoms with Crippen molar-refractivity contribution < 1.29 is 9.18 Å². The van der Waals surface area contributed by atoms with Gasteiger partial charge in [0.1, 0.15) is 0 Å². The van der Waals surface area contributed by atoms with Crippen LogP contribution in [-0.2, 0) is 10.7 Å². The number of nitrogens with two attached hydrogens (primary N) is 1. The van der Waals surface area contributed by atoms with Gasteiger partial charge in [-0.3, -0.25) is 9.80 Å². The summed E-state index contributed by atoms with van der Waals surface area (Å²) >= 11 is 0. The third kappa shape index (κ3) is 5.58. The molecule has 4 rings (SSSR count).